The van der Waals surface area contributed by atoms with Crippen LogP contribution in [0.4, 0.5) is 0 Å². The van der Waals surface area contributed by atoms with Crippen molar-refractivity contribution in [2.75, 3.05) is 21.3 Å². The second-order valence-electron chi connectivity index (χ2n) is 7.11. The number of carbonyl (C=O) groups is 2. The number of nitrogens with one attached hydrogen (secondary N) is 1. The highest BCUT2D eigenvalue weighted by Gasteiger charge is 2.26. The number of benzene rings is 2. The molecule has 160 valence electrons. The third-order valence-corrected chi connectivity index (χ3v) is 5.24. The summed E-state index contributed by atoms with van der Waals surface area (Å²) in [4.78, 5) is 25.3. The van der Waals surface area contributed by atoms with Gasteiger partial charge in [0.2, 0.25) is 5.75 Å². The van der Waals surface area contributed by atoms with Gasteiger partial charge in [-0.3, -0.25) is 4.79 Å². The van der Waals surface area contributed by atoms with Crippen LogP contribution in [0.3, 0.4) is 0 Å². The van der Waals surface area contributed by atoms with Gasteiger partial charge in [-0.05, 0) is 49.4 Å². The fourth-order valence-electron chi connectivity index (χ4n) is 3.67. The van der Waals surface area contributed by atoms with Crippen molar-refractivity contribution in [2.24, 2.45) is 0 Å². The highest BCUT2D eigenvalue weighted by Crippen LogP contribution is 2.38. The maximum atomic E-state index is 12.7. The molecule has 0 saturated carbocycles. The number of amides is 1. The number of methoxy groups -OCH3 is 3. The molecule has 1 aliphatic rings. The van der Waals surface area contributed by atoms with Gasteiger partial charge in [0.15, 0.2) is 17.6 Å². The molecule has 1 aliphatic carbocycles. The SMILES string of the molecule is COc1cc(C(=O)O[C@H](C)C(=O)N[C@@H]2CCCc3ccccc32)cc(OC)c1OC. The Morgan fingerprint density at radius 3 is 2.33 bits per heavy atom. The van der Waals surface area contributed by atoms with Gasteiger partial charge in [0.05, 0.1) is 32.9 Å². The average molecular weight is 413 g/mol. The fourth-order valence-corrected chi connectivity index (χ4v) is 3.67. The normalized spacial score (nSPS) is 16.1. The lowest BCUT2D eigenvalue weighted by Gasteiger charge is -2.27. The summed E-state index contributed by atoms with van der Waals surface area (Å²) in [5, 5.41) is 3.01. The lowest BCUT2D eigenvalue weighted by atomic mass is 9.87. The van der Waals surface area contributed by atoms with Crippen LogP contribution >= 0.6 is 0 Å². The Balaban J connectivity index is 1.69. The predicted octanol–water partition coefficient (Wildman–Crippen LogP) is 3.45. The monoisotopic (exact) mass is 413 g/mol. The number of aryl methyl sites for hydroxylation is 1. The van der Waals surface area contributed by atoms with E-state index in [1.165, 1.54) is 39.0 Å². The van der Waals surface area contributed by atoms with Crippen LogP contribution in [-0.2, 0) is 16.0 Å². The zero-order valence-electron chi connectivity index (χ0n) is 17.7. The number of fused-ring (bicyclic) bond motifs is 1. The molecular formula is C23H27NO6. The van der Waals surface area contributed by atoms with E-state index in [0.717, 1.165) is 24.8 Å². The largest absolute Gasteiger partial charge is 0.493 e. The van der Waals surface area contributed by atoms with E-state index >= 15 is 0 Å². The third kappa shape index (κ3) is 4.50. The van der Waals surface area contributed by atoms with Crippen LogP contribution in [0.1, 0.15) is 47.3 Å². The molecule has 30 heavy (non-hydrogen) atoms. The van der Waals surface area contributed by atoms with Crippen molar-refractivity contribution in [3.05, 3.63) is 53.1 Å². The second kappa shape index (κ2) is 9.52. The maximum absolute atomic E-state index is 12.7. The number of hydrogen-bond donors (Lipinski definition) is 1. The Hall–Kier alpha value is -3.22. The Labute approximate surface area is 176 Å². The molecule has 0 aliphatic heterocycles. The molecule has 0 spiro atoms. The van der Waals surface area contributed by atoms with Crippen LogP contribution in [0.2, 0.25) is 0 Å². The van der Waals surface area contributed by atoms with E-state index in [1.807, 2.05) is 18.2 Å². The highest BCUT2D eigenvalue weighted by atomic mass is 16.5. The summed E-state index contributed by atoms with van der Waals surface area (Å²) in [7, 11) is 4.41. The van der Waals surface area contributed by atoms with Gasteiger partial charge in [-0.25, -0.2) is 4.79 Å². The molecule has 0 bridgehead atoms. The van der Waals surface area contributed by atoms with Crippen LogP contribution in [0.5, 0.6) is 17.2 Å². The van der Waals surface area contributed by atoms with E-state index in [-0.39, 0.29) is 17.5 Å². The summed E-state index contributed by atoms with van der Waals surface area (Å²) >= 11 is 0. The first kappa shape index (κ1) is 21.5. The number of rotatable bonds is 7. The molecule has 0 aromatic heterocycles. The molecule has 1 amide bonds. The highest BCUT2D eigenvalue weighted by molar-refractivity contribution is 5.93. The van der Waals surface area contributed by atoms with Gasteiger partial charge in [-0.2, -0.15) is 0 Å². The molecule has 0 heterocycles. The van der Waals surface area contributed by atoms with Gasteiger partial charge >= 0.3 is 5.97 Å². The number of esters is 1. The summed E-state index contributed by atoms with van der Waals surface area (Å²) in [5.74, 6) is 0.0520. The molecule has 0 saturated heterocycles. The van der Waals surface area contributed by atoms with Crippen molar-refractivity contribution in [1.29, 1.82) is 0 Å². The third-order valence-electron chi connectivity index (χ3n) is 5.24. The van der Waals surface area contributed by atoms with Crippen LogP contribution in [0.15, 0.2) is 36.4 Å². The molecule has 7 nitrogen and oxygen atoms in total. The van der Waals surface area contributed by atoms with Crippen molar-refractivity contribution < 1.29 is 28.5 Å². The minimum atomic E-state index is -0.953. The lowest BCUT2D eigenvalue weighted by Crippen LogP contribution is -2.39. The van der Waals surface area contributed by atoms with E-state index in [0.29, 0.717) is 17.2 Å². The second-order valence-corrected chi connectivity index (χ2v) is 7.11. The Kier molecular flexibility index (Phi) is 6.82. The van der Waals surface area contributed by atoms with Gasteiger partial charge < -0.3 is 24.3 Å². The molecule has 0 unspecified atom stereocenters. The van der Waals surface area contributed by atoms with E-state index in [4.69, 9.17) is 18.9 Å². The minimum Gasteiger partial charge on any atom is -0.493 e. The Morgan fingerprint density at radius 2 is 1.70 bits per heavy atom. The molecule has 7 heteroatoms. The van der Waals surface area contributed by atoms with Crippen molar-refractivity contribution in [2.45, 2.75) is 38.3 Å². The Bertz CT molecular complexity index is 901. The quantitative estimate of drug-likeness (QED) is 0.700. The summed E-state index contributed by atoms with van der Waals surface area (Å²) < 4.78 is 21.2. The molecule has 2 aromatic carbocycles. The maximum Gasteiger partial charge on any atom is 0.339 e. The van der Waals surface area contributed by atoms with E-state index in [1.54, 1.807) is 6.92 Å². The van der Waals surface area contributed by atoms with Crippen LogP contribution < -0.4 is 19.5 Å². The van der Waals surface area contributed by atoms with Gasteiger partial charge in [-0.15, -0.1) is 0 Å². The summed E-state index contributed by atoms with van der Waals surface area (Å²) in [5.41, 5.74) is 2.57. The smallest absolute Gasteiger partial charge is 0.339 e. The number of ether oxygens (including phenoxy) is 4. The Morgan fingerprint density at radius 1 is 1.03 bits per heavy atom. The minimum absolute atomic E-state index is 0.0789. The van der Waals surface area contributed by atoms with Crippen molar-refractivity contribution >= 4 is 11.9 Å². The van der Waals surface area contributed by atoms with E-state index in [2.05, 4.69) is 11.4 Å². The fraction of sp³-hybridized carbons (Fsp3) is 0.391. The van der Waals surface area contributed by atoms with Gasteiger partial charge in [0.1, 0.15) is 0 Å². The molecule has 3 rings (SSSR count). The molecule has 1 N–H and O–H groups in total. The lowest BCUT2D eigenvalue weighted by molar-refractivity contribution is -0.130. The summed E-state index contributed by atoms with van der Waals surface area (Å²) in [6.07, 6.45) is 1.91. The van der Waals surface area contributed by atoms with Gasteiger partial charge in [-0.1, -0.05) is 24.3 Å². The van der Waals surface area contributed by atoms with Crippen LogP contribution in [-0.4, -0.2) is 39.3 Å². The van der Waals surface area contributed by atoms with E-state index in [9.17, 15) is 9.59 Å². The number of hydrogen-bond acceptors (Lipinski definition) is 6. The van der Waals surface area contributed by atoms with Crippen LogP contribution in [0, 0.1) is 0 Å². The molecule has 2 atom stereocenters. The first-order valence-corrected chi connectivity index (χ1v) is 9.87. The first-order valence-electron chi connectivity index (χ1n) is 9.87. The standard InChI is InChI=1S/C23H27NO6/c1-14(22(25)24-18-11-7-9-15-8-5-6-10-17(15)18)30-23(26)16-12-19(27-2)21(29-4)20(13-16)28-3/h5-6,8,10,12-14,18H,7,9,11H2,1-4H3,(H,24,25)/t14-,18-/m1/s1. The molecule has 0 fully saturated rings. The van der Waals surface area contributed by atoms with Crippen molar-refractivity contribution in [1.82, 2.24) is 5.32 Å². The zero-order valence-corrected chi connectivity index (χ0v) is 17.7. The molecule has 0 radical (unpaired) electrons. The van der Waals surface area contributed by atoms with Crippen molar-refractivity contribution in [3.63, 3.8) is 0 Å². The molecular weight excluding hydrogens is 386 g/mol. The van der Waals surface area contributed by atoms with Gasteiger partial charge in [0, 0.05) is 0 Å². The summed E-state index contributed by atoms with van der Waals surface area (Å²) in [6, 6.07) is 11.0. The topological polar surface area (TPSA) is 83.1 Å². The zero-order chi connectivity index (χ0) is 21.7. The first-order chi connectivity index (χ1) is 14.5. The van der Waals surface area contributed by atoms with E-state index < -0.39 is 12.1 Å². The predicted molar refractivity (Wildman–Crippen MR) is 111 cm³/mol. The molecule has 2 aromatic rings. The van der Waals surface area contributed by atoms with Crippen LogP contribution in [0.25, 0.3) is 0 Å². The summed E-state index contributed by atoms with van der Waals surface area (Å²) in [6.45, 7) is 1.56. The average Bonchev–Trinajstić information content (AvgIpc) is 2.78. The number of carbonyl (C=O) groups excluding carboxylic acids is 2. The van der Waals surface area contributed by atoms with Gasteiger partial charge in [0.25, 0.3) is 5.91 Å². The van der Waals surface area contributed by atoms with Crippen molar-refractivity contribution in [3.8, 4) is 17.2 Å².